The van der Waals surface area contributed by atoms with Crippen LogP contribution in [0.15, 0.2) is 18.2 Å². The van der Waals surface area contributed by atoms with Gasteiger partial charge in [-0.15, -0.1) is 0 Å². The van der Waals surface area contributed by atoms with E-state index in [0.717, 1.165) is 0 Å². The molecule has 0 bridgehead atoms. The Labute approximate surface area is 111 Å². The molecule has 98 valence electrons. The van der Waals surface area contributed by atoms with Gasteiger partial charge in [0.25, 0.3) is 0 Å². The highest BCUT2D eigenvalue weighted by Gasteiger charge is 2.12. The number of halogens is 1. The van der Waals surface area contributed by atoms with Gasteiger partial charge in [0.05, 0.1) is 12.7 Å². The van der Waals surface area contributed by atoms with E-state index in [4.69, 9.17) is 21.4 Å². The van der Waals surface area contributed by atoms with Crippen LogP contribution >= 0.6 is 11.6 Å². The second-order valence-corrected chi connectivity index (χ2v) is 4.31. The van der Waals surface area contributed by atoms with Crippen LogP contribution in [0.3, 0.4) is 0 Å². The van der Waals surface area contributed by atoms with Crippen LogP contribution in [0.1, 0.15) is 36.0 Å². The molecule has 5 heteroatoms. The van der Waals surface area contributed by atoms with Gasteiger partial charge >= 0.3 is 5.97 Å². The van der Waals surface area contributed by atoms with Gasteiger partial charge in [-0.05, 0) is 31.0 Å². The summed E-state index contributed by atoms with van der Waals surface area (Å²) in [4.78, 5) is 22.2. The summed E-state index contributed by atoms with van der Waals surface area (Å²) in [5.41, 5.74) is 0.484. The van der Waals surface area contributed by atoms with Crippen LogP contribution in [-0.2, 0) is 4.79 Å². The number of ketones is 1. The van der Waals surface area contributed by atoms with Crippen molar-refractivity contribution in [3.05, 3.63) is 28.8 Å². The third-order valence-electron chi connectivity index (χ3n) is 2.51. The summed E-state index contributed by atoms with van der Waals surface area (Å²) in [6.07, 6.45) is 1.45. The fraction of sp³-hybridized carbons (Fsp3) is 0.385. The summed E-state index contributed by atoms with van der Waals surface area (Å²) in [6.45, 7) is 0. The first kappa shape index (κ1) is 14.5. The van der Waals surface area contributed by atoms with Crippen molar-refractivity contribution < 1.29 is 19.4 Å². The maximum Gasteiger partial charge on any atom is 0.303 e. The number of Topliss-reactive ketones (excluding diaryl/α,β-unsaturated/α-hetero) is 1. The van der Waals surface area contributed by atoms with E-state index in [1.54, 1.807) is 18.2 Å². The minimum Gasteiger partial charge on any atom is -0.496 e. The van der Waals surface area contributed by atoms with Crippen LogP contribution in [0.5, 0.6) is 5.75 Å². The van der Waals surface area contributed by atoms with Crippen molar-refractivity contribution in [1.82, 2.24) is 0 Å². The number of rotatable bonds is 7. The van der Waals surface area contributed by atoms with Crippen LogP contribution in [0.25, 0.3) is 0 Å². The van der Waals surface area contributed by atoms with Crippen molar-refractivity contribution in [2.75, 3.05) is 7.11 Å². The number of carbonyl (C=O) groups excluding carboxylic acids is 1. The molecule has 1 N–H and O–H groups in total. The Morgan fingerprint density at radius 2 is 1.94 bits per heavy atom. The molecule has 0 amide bonds. The highest BCUT2D eigenvalue weighted by atomic mass is 35.5. The summed E-state index contributed by atoms with van der Waals surface area (Å²) < 4.78 is 5.09. The topological polar surface area (TPSA) is 63.6 Å². The highest BCUT2D eigenvalue weighted by molar-refractivity contribution is 6.30. The number of benzene rings is 1. The van der Waals surface area contributed by atoms with Crippen LogP contribution < -0.4 is 4.74 Å². The van der Waals surface area contributed by atoms with Gasteiger partial charge in [-0.25, -0.2) is 0 Å². The number of unbranched alkanes of at least 4 members (excludes halogenated alkanes) is 1. The molecule has 0 radical (unpaired) electrons. The zero-order valence-corrected chi connectivity index (χ0v) is 10.9. The number of aliphatic carboxylic acids is 1. The molecule has 0 spiro atoms. The predicted octanol–water partition coefficient (Wildman–Crippen LogP) is 3.18. The Balaban J connectivity index is 2.58. The lowest BCUT2D eigenvalue weighted by atomic mass is 10.0. The van der Waals surface area contributed by atoms with E-state index >= 15 is 0 Å². The molecule has 1 aromatic rings. The molecular weight excluding hydrogens is 256 g/mol. The molecule has 0 aliphatic rings. The van der Waals surface area contributed by atoms with Crippen molar-refractivity contribution in [3.63, 3.8) is 0 Å². The number of hydrogen-bond acceptors (Lipinski definition) is 3. The average Bonchev–Trinajstić information content (AvgIpc) is 2.33. The van der Waals surface area contributed by atoms with Gasteiger partial charge in [0.1, 0.15) is 5.75 Å². The Bertz CT molecular complexity index is 443. The van der Waals surface area contributed by atoms with Gasteiger partial charge < -0.3 is 9.84 Å². The van der Waals surface area contributed by atoms with E-state index in [2.05, 4.69) is 0 Å². The highest BCUT2D eigenvalue weighted by Crippen LogP contribution is 2.24. The Morgan fingerprint density at radius 3 is 2.56 bits per heavy atom. The third kappa shape index (κ3) is 4.37. The standard InChI is InChI=1S/C13H15ClO4/c1-18-12-8-9(14)6-7-10(12)11(15)4-2-3-5-13(16)17/h6-8H,2-5H2,1H3,(H,16,17). The molecule has 0 fully saturated rings. The smallest absolute Gasteiger partial charge is 0.303 e. The lowest BCUT2D eigenvalue weighted by Crippen LogP contribution is -2.03. The molecule has 1 rings (SSSR count). The number of carboxylic acid groups (broad SMARTS) is 1. The fourth-order valence-corrected chi connectivity index (χ4v) is 1.75. The minimum atomic E-state index is -0.841. The molecule has 0 unspecified atom stereocenters. The first-order chi connectivity index (χ1) is 8.54. The van der Waals surface area contributed by atoms with E-state index in [-0.39, 0.29) is 12.2 Å². The first-order valence-electron chi connectivity index (χ1n) is 5.63. The normalized spacial score (nSPS) is 10.1. The Morgan fingerprint density at radius 1 is 1.28 bits per heavy atom. The second-order valence-electron chi connectivity index (χ2n) is 3.87. The molecule has 0 aliphatic heterocycles. The number of methoxy groups -OCH3 is 1. The van der Waals surface area contributed by atoms with Crippen LogP contribution in [0.4, 0.5) is 0 Å². The van der Waals surface area contributed by atoms with Gasteiger partial charge in [0.15, 0.2) is 5.78 Å². The molecule has 1 aromatic carbocycles. The molecule has 0 saturated heterocycles. The van der Waals surface area contributed by atoms with Crippen molar-refractivity contribution in [2.24, 2.45) is 0 Å². The van der Waals surface area contributed by atoms with Crippen molar-refractivity contribution in [3.8, 4) is 5.75 Å². The maximum atomic E-state index is 11.9. The molecule has 0 saturated carbocycles. The summed E-state index contributed by atoms with van der Waals surface area (Å²) in [6, 6.07) is 4.85. The van der Waals surface area contributed by atoms with Gasteiger partial charge in [-0.3, -0.25) is 9.59 Å². The van der Waals surface area contributed by atoms with Crippen molar-refractivity contribution >= 4 is 23.4 Å². The SMILES string of the molecule is COc1cc(Cl)ccc1C(=O)CCCCC(=O)O. The lowest BCUT2D eigenvalue weighted by molar-refractivity contribution is -0.137. The average molecular weight is 271 g/mol. The maximum absolute atomic E-state index is 11.9. The Kier molecular flexibility index (Phi) is 5.65. The van der Waals surface area contributed by atoms with E-state index in [1.807, 2.05) is 0 Å². The fourth-order valence-electron chi connectivity index (χ4n) is 1.59. The molecule has 4 nitrogen and oxygen atoms in total. The quantitative estimate of drug-likeness (QED) is 0.610. The third-order valence-corrected chi connectivity index (χ3v) is 2.74. The molecule has 18 heavy (non-hydrogen) atoms. The largest absolute Gasteiger partial charge is 0.496 e. The molecular formula is C13H15ClO4. The number of ether oxygens (including phenoxy) is 1. The van der Waals surface area contributed by atoms with Crippen LogP contribution in [-0.4, -0.2) is 24.0 Å². The zero-order valence-electron chi connectivity index (χ0n) is 10.1. The summed E-state index contributed by atoms with van der Waals surface area (Å²) in [5, 5.41) is 9.00. The summed E-state index contributed by atoms with van der Waals surface area (Å²) in [7, 11) is 1.48. The van der Waals surface area contributed by atoms with Crippen molar-refractivity contribution in [2.45, 2.75) is 25.7 Å². The summed E-state index contributed by atoms with van der Waals surface area (Å²) >= 11 is 5.81. The van der Waals surface area contributed by atoms with Crippen molar-refractivity contribution in [1.29, 1.82) is 0 Å². The zero-order chi connectivity index (χ0) is 13.5. The Hall–Kier alpha value is -1.55. The molecule has 0 atom stereocenters. The van der Waals surface area contributed by atoms with E-state index in [9.17, 15) is 9.59 Å². The van der Waals surface area contributed by atoms with Gasteiger partial charge in [0, 0.05) is 17.9 Å². The van der Waals surface area contributed by atoms with E-state index in [0.29, 0.717) is 35.6 Å². The molecule has 0 aliphatic carbocycles. The minimum absolute atomic E-state index is 0.0612. The summed E-state index contributed by atoms with van der Waals surface area (Å²) in [5.74, 6) is -0.453. The first-order valence-corrected chi connectivity index (χ1v) is 6.01. The van der Waals surface area contributed by atoms with Gasteiger partial charge in [0.2, 0.25) is 0 Å². The number of carbonyl (C=O) groups is 2. The monoisotopic (exact) mass is 270 g/mol. The number of carboxylic acids is 1. The second kappa shape index (κ2) is 7.01. The van der Waals surface area contributed by atoms with Crippen LogP contribution in [0.2, 0.25) is 5.02 Å². The van der Waals surface area contributed by atoms with E-state index < -0.39 is 5.97 Å². The van der Waals surface area contributed by atoms with Gasteiger partial charge in [-0.1, -0.05) is 11.6 Å². The molecule has 0 aromatic heterocycles. The van der Waals surface area contributed by atoms with E-state index in [1.165, 1.54) is 7.11 Å². The lowest BCUT2D eigenvalue weighted by Gasteiger charge is -2.07. The van der Waals surface area contributed by atoms with Crippen LogP contribution in [0, 0.1) is 0 Å². The van der Waals surface area contributed by atoms with Gasteiger partial charge in [-0.2, -0.15) is 0 Å². The number of hydrogen-bond donors (Lipinski definition) is 1. The molecule has 0 heterocycles. The predicted molar refractivity (Wildman–Crippen MR) is 68.4 cm³/mol.